The van der Waals surface area contributed by atoms with Gasteiger partial charge in [0.1, 0.15) is 0 Å². The average molecular weight is 223 g/mol. The fraction of sp³-hybridized carbons (Fsp3) is 0.364. The number of rotatable bonds is 1. The highest BCUT2D eigenvalue weighted by molar-refractivity contribution is 8.01. The average Bonchev–Trinajstić information content (AvgIpc) is 2.18. The predicted octanol–water partition coefficient (Wildman–Crippen LogP) is 2.00. The van der Waals surface area contributed by atoms with E-state index in [-0.39, 0.29) is 12.5 Å². The lowest BCUT2D eigenvalue weighted by Gasteiger charge is -2.30. The Morgan fingerprint density at radius 3 is 2.87 bits per heavy atom. The second-order valence-corrected chi connectivity index (χ2v) is 5.68. The van der Waals surface area contributed by atoms with E-state index in [1.54, 1.807) is 0 Å². The van der Waals surface area contributed by atoms with Gasteiger partial charge in [-0.3, -0.25) is 4.79 Å². The number of thioether (sulfide) groups is 1. The Bertz CT molecular complexity index is 415. The molecule has 0 fully saturated rings. The molecule has 2 rings (SSSR count). The zero-order chi connectivity index (χ0) is 11.1. The van der Waals surface area contributed by atoms with Crippen LogP contribution in [0.5, 0.6) is 0 Å². The maximum absolute atomic E-state index is 11.7. The van der Waals surface area contributed by atoms with E-state index in [2.05, 4.69) is 5.32 Å². The molecule has 0 bridgehead atoms. The first-order valence-corrected chi connectivity index (χ1v) is 5.59. The molecule has 3 nitrogen and oxygen atoms in total. The van der Waals surface area contributed by atoms with Crippen LogP contribution < -0.4 is 5.32 Å². The van der Waals surface area contributed by atoms with Crippen LogP contribution in [0.3, 0.4) is 0 Å². The van der Waals surface area contributed by atoms with Crippen molar-refractivity contribution in [2.24, 2.45) is 0 Å². The number of nitrogens with one attached hydrogen (secondary N) is 1. The number of amides is 1. The Morgan fingerprint density at radius 1 is 1.47 bits per heavy atom. The number of benzene rings is 1. The van der Waals surface area contributed by atoms with E-state index in [1.807, 2.05) is 32.0 Å². The second kappa shape index (κ2) is 3.54. The van der Waals surface area contributed by atoms with Crippen LogP contribution >= 0.6 is 11.8 Å². The summed E-state index contributed by atoms with van der Waals surface area (Å²) in [5.41, 5.74) is 1.53. The number of hydrogen-bond acceptors (Lipinski definition) is 3. The number of carbonyl (C=O) groups is 1. The highest BCUT2D eigenvalue weighted by Gasteiger charge is 2.35. The third kappa shape index (κ3) is 1.75. The van der Waals surface area contributed by atoms with Crippen molar-refractivity contribution in [2.75, 3.05) is 5.32 Å². The van der Waals surface area contributed by atoms with Gasteiger partial charge < -0.3 is 10.4 Å². The lowest BCUT2D eigenvalue weighted by Crippen LogP contribution is -2.37. The van der Waals surface area contributed by atoms with E-state index in [1.165, 1.54) is 11.8 Å². The fourth-order valence-electron chi connectivity index (χ4n) is 1.52. The summed E-state index contributed by atoms with van der Waals surface area (Å²) in [6.07, 6.45) is 0. The van der Waals surface area contributed by atoms with Crippen molar-refractivity contribution < 1.29 is 9.90 Å². The first kappa shape index (κ1) is 10.5. The van der Waals surface area contributed by atoms with Gasteiger partial charge in [-0.15, -0.1) is 11.8 Å². The molecule has 1 aliphatic rings. The molecule has 0 aromatic heterocycles. The van der Waals surface area contributed by atoms with Gasteiger partial charge in [-0.2, -0.15) is 0 Å². The van der Waals surface area contributed by atoms with Crippen molar-refractivity contribution >= 4 is 23.4 Å². The van der Waals surface area contributed by atoms with Crippen molar-refractivity contribution in [3.63, 3.8) is 0 Å². The smallest absolute Gasteiger partial charge is 0.240 e. The first-order valence-electron chi connectivity index (χ1n) is 4.78. The third-order valence-electron chi connectivity index (χ3n) is 2.43. The van der Waals surface area contributed by atoms with E-state index in [0.717, 1.165) is 16.1 Å². The summed E-state index contributed by atoms with van der Waals surface area (Å²) in [4.78, 5) is 12.8. The zero-order valence-electron chi connectivity index (χ0n) is 8.70. The van der Waals surface area contributed by atoms with Gasteiger partial charge in [0.15, 0.2) is 0 Å². The molecule has 0 saturated carbocycles. The lowest BCUT2D eigenvalue weighted by atomic mass is 10.1. The Balaban J connectivity index is 2.49. The number of carbonyl (C=O) groups excluding carboxylic acids is 1. The Hall–Kier alpha value is -1.00. The molecule has 2 N–H and O–H groups in total. The zero-order valence-corrected chi connectivity index (χ0v) is 9.52. The summed E-state index contributed by atoms with van der Waals surface area (Å²) in [6.45, 7) is 3.73. The Labute approximate surface area is 92.9 Å². The van der Waals surface area contributed by atoms with Gasteiger partial charge in [-0.05, 0) is 19.9 Å². The topological polar surface area (TPSA) is 49.3 Å². The van der Waals surface area contributed by atoms with E-state index in [4.69, 9.17) is 5.11 Å². The molecule has 0 aliphatic carbocycles. The molecule has 80 valence electrons. The lowest BCUT2D eigenvalue weighted by molar-refractivity contribution is -0.117. The van der Waals surface area contributed by atoms with Crippen LogP contribution in [0.15, 0.2) is 23.1 Å². The molecule has 0 atom stereocenters. The molecule has 1 amide bonds. The van der Waals surface area contributed by atoms with Gasteiger partial charge in [0, 0.05) is 10.5 Å². The predicted molar refractivity (Wildman–Crippen MR) is 60.9 cm³/mol. The highest BCUT2D eigenvalue weighted by atomic mass is 32.2. The maximum Gasteiger partial charge on any atom is 0.240 e. The minimum absolute atomic E-state index is 0.0131. The van der Waals surface area contributed by atoms with Crippen LogP contribution in [-0.4, -0.2) is 15.8 Å². The van der Waals surface area contributed by atoms with E-state index < -0.39 is 4.75 Å². The number of hydrogen-bond donors (Lipinski definition) is 2. The van der Waals surface area contributed by atoms with Crippen molar-refractivity contribution in [1.29, 1.82) is 0 Å². The van der Waals surface area contributed by atoms with Gasteiger partial charge in [-0.1, -0.05) is 12.1 Å². The molecule has 0 unspecified atom stereocenters. The maximum atomic E-state index is 11.7. The van der Waals surface area contributed by atoms with Crippen molar-refractivity contribution in [3.05, 3.63) is 23.8 Å². The Kier molecular flexibility index (Phi) is 2.48. The number of para-hydroxylation sites is 1. The summed E-state index contributed by atoms with van der Waals surface area (Å²) in [7, 11) is 0. The number of anilines is 1. The molecule has 0 spiro atoms. The molecule has 0 saturated heterocycles. The van der Waals surface area contributed by atoms with Gasteiger partial charge in [-0.25, -0.2) is 0 Å². The molecule has 4 heteroatoms. The van der Waals surface area contributed by atoms with E-state index in [0.29, 0.717) is 0 Å². The fourth-order valence-corrected chi connectivity index (χ4v) is 2.64. The van der Waals surface area contributed by atoms with Crippen molar-refractivity contribution in [2.45, 2.75) is 30.1 Å². The van der Waals surface area contributed by atoms with Crippen LogP contribution in [-0.2, 0) is 11.4 Å². The number of fused-ring (bicyclic) bond motifs is 1. The molecular weight excluding hydrogens is 210 g/mol. The molecule has 1 aromatic rings. The minimum atomic E-state index is -0.443. The monoisotopic (exact) mass is 223 g/mol. The SMILES string of the molecule is CC1(C)Sc2cccc(CO)c2NC1=O. The molecule has 0 radical (unpaired) electrons. The normalized spacial score (nSPS) is 18.2. The van der Waals surface area contributed by atoms with Crippen LogP contribution in [0.4, 0.5) is 5.69 Å². The van der Waals surface area contributed by atoms with E-state index in [9.17, 15) is 4.79 Å². The summed E-state index contributed by atoms with van der Waals surface area (Å²) in [5, 5.41) is 12.0. The first-order chi connectivity index (χ1) is 7.04. The summed E-state index contributed by atoms with van der Waals surface area (Å²) in [5.74, 6) is -0.0131. The largest absolute Gasteiger partial charge is 0.392 e. The van der Waals surface area contributed by atoms with Crippen LogP contribution in [0.1, 0.15) is 19.4 Å². The quantitative estimate of drug-likeness (QED) is 0.765. The van der Waals surface area contributed by atoms with Gasteiger partial charge in [0.25, 0.3) is 0 Å². The van der Waals surface area contributed by atoms with Crippen molar-refractivity contribution in [1.82, 2.24) is 0 Å². The van der Waals surface area contributed by atoms with Crippen LogP contribution in [0.25, 0.3) is 0 Å². The molecule has 1 aromatic carbocycles. The van der Waals surface area contributed by atoms with Crippen LogP contribution in [0, 0.1) is 0 Å². The van der Waals surface area contributed by atoms with Gasteiger partial charge >= 0.3 is 0 Å². The third-order valence-corrected chi connectivity index (χ3v) is 3.69. The number of aliphatic hydroxyl groups is 1. The van der Waals surface area contributed by atoms with Gasteiger partial charge in [0.05, 0.1) is 17.0 Å². The van der Waals surface area contributed by atoms with Gasteiger partial charge in [0.2, 0.25) is 5.91 Å². The summed E-state index contributed by atoms with van der Waals surface area (Å²) >= 11 is 1.53. The number of aliphatic hydroxyl groups excluding tert-OH is 1. The van der Waals surface area contributed by atoms with Crippen molar-refractivity contribution in [3.8, 4) is 0 Å². The second-order valence-electron chi connectivity index (χ2n) is 4.01. The molecule has 1 heterocycles. The summed E-state index contributed by atoms with van der Waals surface area (Å²) < 4.78 is -0.443. The molecular formula is C11H13NO2S. The minimum Gasteiger partial charge on any atom is -0.392 e. The summed E-state index contributed by atoms with van der Waals surface area (Å²) in [6, 6.07) is 5.67. The highest BCUT2D eigenvalue weighted by Crippen LogP contribution is 2.43. The molecule has 15 heavy (non-hydrogen) atoms. The standard InChI is InChI=1S/C11H13NO2S/c1-11(2)10(14)12-9-7(6-13)4-3-5-8(9)15-11/h3-5,13H,6H2,1-2H3,(H,12,14). The Morgan fingerprint density at radius 2 is 2.20 bits per heavy atom. The van der Waals surface area contributed by atoms with E-state index >= 15 is 0 Å². The van der Waals surface area contributed by atoms with Crippen LogP contribution in [0.2, 0.25) is 0 Å². The molecule has 1 aliphatic heterocycles.